The third kappa shape index (κ3) is 5.65. The first-order valence-electron chi connectivity index (χ1n) is 16.8. The van der Waals surface area contributed by atoms with Crippen molar-refractivity contribution in [3.05, 3.63) is 11.6 Å². The number of ketones is 1. The number of aliphatic hydroxyl groups is 7. The number of hydrogen-bond acceptors (Lipinski definition) is 12. The Balaban J connectivity index is 1.17. The van der Waals surface area contributed by atoms with Gasteiger partial charge in [0.05, 0.1) is 19.3 Å². The Morgan fingerprint density at radius 3 is 2.16 bits per heavy atom. The summed E-state index contributed by atoms with van der Waals surface area (Å²) in [4.78, 5) is 12.5. The Bertz CT molecular complexity index is 1120. The van der Waals surface area contributed by atoms with Gasteiger partial charge in [0.15, 0.2) is 12.6 Å². The first-order valence-corrected chi connectivity index (χ1v) is 16.8. The van der Waals surface area contributed by atoms with Crippen molar-refractivity contribution in [3.63, 3.8) is 0 Å². The lowest BCUT2D eigenvalue weighted by Crippen LogP contribution is -2.65. The van der Waals surface area contributed by atoms with Crippen LogP contribution < -0.4 is 0 Å². The highest BCUT2D eigenvalue weighted by Gasteiger charge is 2.60. The summed E-state index contributed by atoms with van der Waals surface area (Å²) in [6, 6.07) is 0. The van der Waals surface area contributed by atoms with Gasteiger partial charge in [-0.25, -0.2) is 0 Å². The van der Waals surface area contributed by atoms with E-state index in [-0.39, 0.29) is 22.9 Å². The van der Waals surface area contributed by atoms with Gasteiger partial charge in [-0.1, -0.05) is 25.5 Å². The molecule has 256 valence electrons. The molecule has 6 aliphatic rings. The topological polar surface area (TPSA) is 196 Å². The fourth-order valence-electron chi connectivity index (χ4n) is 10.2. The summed E-state index contributed by atoms with van der Waals surface area (Å²) in [5.74, 6) is 2.13. The minimum atomic E-state index is -1.72. The summed E-state index contributed by atoms with van der Waals surface area (Å²) in [5, 5.41) is 72.0. The standard InChI is InChI=1S/C33H52O12/c1-15(36)19-6-7-20-18-5-4-16-12-17(8-10-32(16,2)21(18)9-11-33(19,20)3)42-31-29(27(40)25(38)23(14-35)44-31)45-30-28(41)26(39)24(37)22(13-34)43-30/h4,17-31,34-35,37-41H,5-14H2,1-3H3. The molecule has 0 aromatic carbocycles. The van der Waals surface area contributed by atoms with Crippen LogP contribution in [0.15, 0.2) is 11.6 Å². The molecular formula is C33H52O12. The van der Waals surface area contributed by atoms with E-state index in [9.17, 15) is 40.5 Å². The van der Waals surface area contributed by atoms with Crippen molar-refractivity contribution in [2.24, 2.45) is 34.5 Å². The van der Waals surface area contributed by atoms with Gasteiger partial charge in [0, 0.05) is 5.92 Å². The van der Waals surface area contributed by atoms with Gasteiger partial charge in [-0.15, -0.1) is 0 Å². The highest BCUT2D eigenvalue weighted by molar-refractivity contribution is 5.79. The number of carbonyl (C=O) groups excluding carboxylic acids is 1. The van der Waals surface area contributed by atoms with Crippen molar-refractivity contribution >= 4 is 5.78 Å². The van der Waals surface area contributed by atoms with Gasteiger partial charge in [-0.3, -0.25) is 4.79 Å². The van der Waals surface area contributed by atoms with Crippen LogP contribution in [0.5, 0.6) is 0 Å². The SMILES string of the molecule is CC(=O)C1CCC2C3CC=C4CC(OC5OC(CO)C(O)C(O)C5OC5OC(CO)C(O)C(O)C5O)CCC4(C)C3CCC12C. The van der Waals surface area contributed by atoms with E-state index in [1.807, 2.05) is 0 Å². The number of ether oxygens (including phenoxy) is 4. The molecule has 17 unspecified atom stereocenters. The molecule has 0 aromatic rings. The number of aliphatic hydroxyl groups excluding tert-OH is 7. The number of allylic oxidation sites excluding steroid dienone is 1. The van der Waals surface area contributed by atoms with Crippen molar-refractivity contribution in [1.82, 2.24) is 0 Å². The fraction of sp³-hybridized carbons (Fsp3) is 0.909. The zero-order valence-electron chi connectivity index (χ0n) is 26.5. The van der Waals surface area contributed by atoms with E-state index in [2.05, 4.69) is 19.9 Å². The highest BCUT2D eigenvalue weighted by atomic mass is 16.8. The molecule has 12 nitrogen and oxygen atoms in total. The number of Topliss-reactive ketones (excluding diaryl/α,β-unsaturated/α-hetero) is 1. The number of fused-ring (bicyclic) bond motifs is 5. The maximum absolute atomic E-state index is 12.5. The molecular weight excluding hydrogens is 588 g/mol. The lowest BCUT2D eigenvalue weighted by atomic mass is 9.47. The molecule has 2 heterocycles. The lowest BCUT2D eigenvalue weighted by Gasteiger charge is -2.58. The van der Waals surface area contributed by atoms with Crippen molar-refractivity contribution < 1.29 is 59.5 Å². The maximum atomic E-state index is 12.5. The normalized spacial score (nSPS) is 53.2. The molecule has 45 heavy (non-hydrogen) atoms. The van der Waals surface area contributed by atoms with Gasteiger partial charge in [0.25, 0.3) is 0 Å². The van der Waals surface area contributed by atoms with Gasteiger partial charge >= 0.3 is 0 Å². The summed E-state index contributed by atoms with van der Waals surface area (Å²) < 4.78 is 23.7. The molecule has 7 N–H and O–H groups in total. The minimum absolute atomic E-state index is 0.0153. The predicted molar refractivity (Wildman–Crippen MR) is 157 cm³/mol. The molecule has 3 saturated carbocycles. The second-order valence-electron chi connectivity index (χ2n) is 15.1. The second kappa shape index (κ2) is 12.8. The Labute approximate surface area is 264 Å². The van der Waals surface area contributed by atoms with Crippen molar-refractivity contribution in [3.8, 4) is 0 Å². The van der Waals surface area contributed by atoms with Crippen molar-refractivity contribution in [1.29, 1.82) is 0 Å². The molecule has 0 aromatic heterocycles. The lowest BCUT2D eigenvalue weighted by molar-refractivity contribution is -0.372. The van der Waals surface area contributed by atoms with E-state index < -0.39 is 74.6 Å². The molecule has 5 fully saturated rings. The molecule has 4 aliphatic carbocycles. The first kappa shape index (κ1) is 33.9. The van der Waals surface area contributed by atoms with Crippen molar-refractivity contribution in [2.75, 3.05) is 13.2 Å². The monoisotopic (exact) mass is 640 g/mol. The summed E-state index contributed by atoms with van der Waals surface area (Å²) in [5.41, 5.74) is 1.44. The molecule has 12 heteroatoms. The summed E-state index contributed by atoms with van der Waals surface area (Å²) >= 11 is 0. The molecule has 0 spiro atoms. The van der Waals surface area contributed by atoms with Gasteiger partial charge in [0.2, 0.25) is 0 Å². The molecule has 0 radical (unpaired) electrons. The van der Waals surface area contributed by atoms with E-state index in [1.54, 1.807) is 6.92 Å². The molecule has 2 saturated heterocycles. The summed E-state index contributed by atoms with van der Waals surface area (Å²) in [6.07, 6.45) is -5.13. The summed E-state index contributed by atoms with van der Waals surface area (Å²) in [6.45, 7) is 5.24. The maximum Gasteiger partial charge on any atom is 0.187 e. The van der Waals surface area contributed by atoms with E-state index in [4.69, 9.17) is 18.9 Å². The third-order valence-electron chi connectivity index (χ3n) is 12.8. The number of carbonyl (C=O) groups is 1. The number of hydrogen-bond donors (Lipinski definition) is 7. The Kier molecular flexibility index (Phi) is 9.61. The Morgan fingerprint density at radius 1 is 0.822 bits per heavy atom. The smallest absolute Gasteiger partial charge is 0.187 e. The first-order chi connectivity index (χ1) is 21.3. The molecule has 6 rings (SSSR count). The quantitative estimate of drug-likeness (QED) is 0.187. The second-order valence-corrected chi connectivity index (χ2v) is 15.1. The van der Waals surface area contributed by atoms with E-state index in [0.717, 1.165) is 38.5 Å². The van der Waals surface area contributed by atoms with Crippen LogP contribution in [0.25, 0.3) is 0 Å². The van der Waals surface area contributed by atoms with Crippen LogP contribution in [-0.2, 0) is 23.7 Å². The predicted octanol–water partition coefficient (Wildman–Crippen LogP) is 0.164. The fourth-order valence-corrected chi connectivity index (χ4v) is 10.2. The van der Waals surface area contributed by atoms with Crippen LogP contribution >= 0.6 is 0 Å². The Morgan fingerprint density at radius 2 is 1.49 bits per heavy atom. The molecule has 0 amide bonds. The van der Waals surface area contributed by atoms with Gasteiger partial charge in [-0.2, -0.15) is 0 Å². The van der Waals surface area contributed by atoms with E-state index >= 15 is 0 Å². The minimum Gasteiger partial charge on any atom is -0.394 e. The van der Waals surface area contributed by atoms with Gasteiger partial charge < -0.3 is 54.7 Å². The van der Waals surface area contributed by atoms with Gasteiger partial charge in [-0.05, 0) is 86.9 Å². The average Bonchev–Trinajstić information content (AvgIpc) is 3.38. The van der Waals surface area contributed by atoms with Crippen molar-refractivity contribution in [2.45, 2.75) is 140 Å². The highest BCUT2D eigenvalue weighted by Crippen LogP contribution is 2.66. The molecule has 2 aliphatic heterocycles. The Hall–Kier alpha value is -1.03. The largest absolute Gasteiger partial charge is 0.394 e. The van der Waals surface area contributed by atoms with Crippen LogP contribution in [0, 0.1) is 34.5 Å². The van der Waals surface area contributed by atoms with E-state index in [0.29, 0.717) is 36.4 Å². The van der Waals surface area contributed by atoms with E-state index in [1.165, 1.54) is 5.57 Å². The van der Waals surface area contributed by atoms with Crippen LogP contribution in [0.2, 0.25) is 0 Å². The average molecular weight is 641 g/mol. The van der Waals surface area contributed by atoms with Gasteiger partial charge in [0.1, 0.15) is 54.6 Å². The van der Waals surface area contributed by atoms with Crippen LogP contribution in [0.4, 0.5) is 0 Å². The molecule has 0 bridgehead atoms. The zero-order valence-corrected chi connectivity index (χ0v) is 26.5. The number of rotatable bonds is 7. The zero-order chi connectivity index (χ0) is 32.4. The molecule has 17 atom stereocenters. The summed E-state index contributed by atoms with van der Waals surface area (Å²) in [7, 11) is 0. The van der Waals surface area contributed by atoms with Crippen LogP contribution in [-0.4, -0.2) is 122 Å². The van der Waals surface area contributed by atoms with Crippen LogP contribution in [0.3, 0.4) is 0 Å². The third-order valence-corrected chi connectivity index (χ3v) is 12.8. The van der Waals surface area contributed by atoms with Crippen LogP contribution in [0.1, 0.15) is 72.1 Å².